The molecule has 1 atom stereocenters. The number of amides is 1. The molecule has 3 aromatic rings. The molecule has 0 saturated heterocycles. The summed E-state index contributed by atoms with van der Waals surface area (Å²) >= 11 is 0. The Hall–Kier alpha value is -3.22. The van der Waals surface area contributed by atoms with E-state index in [-0.39, 0.29) is 11.9 Å². The zero-order valence-corrected chi connectivity index (χ0v) is 14.8. The fraction of sp³-hybridized carbons (Fsp3) is 0.263. The summed E-state index contributed by atoms with van der Waals surface area (Å²) in [5.41, 5.74) is 2.58. The van der Waals surface area contributed by atoms with Crippen molar-refractivity contribution in [1.29, 1.82) is 0 Å². The number of para-hydroxylation sites is 2. The summed E-state index contributed by atoms with van der Waals surface area (Å²) < 4.78 is 1.55. The summed E-state index contributed by atoms with van der Waals surface area (Å²) in [5.74, 6) is 0.533. The lowest BCUT2D eigenvalue weighted by molar-refractivity contribution is 0.0978. The Balaban J connectivity index is 1.76. The van der Waals surface area contributed by atoms with Crippen molar-refractivity contribution in [3.05, 3.63) is 60.8 Å². The number of fused-ring (bicyclic) bond motifs is 1. The van der Waals surface area contributed by atoms with E-state index in [1.54, 1.807) is 29.3 Å². The quantitative estimate of drug-likeness (QED) is 0.712. The molecule has 1 aliphatic heterocycles. The lowest BCUT2D eigenvalue weighted by Gasteiger charge is -2.28. The summed E-state index contributed by atoms with van der Waals surface area (Å²) in [7, 11) is 2.06. The molecular weight excluding hydrogens is 328 g/mol. The van der Waals surface area contributed by atoms with Crippen LogP contribution in [0.25, 0.3) is 5.82 Å². The number of nitrogens with zero attached hydrogens (tertiary/aromatic N) is 6. The van der Waals surface area contributed by atoms with E-state index >= 15 is 0 Å². The van der Waals surface area contributed by atoms with Crippen LogP contribution in [0.5, 0.6) is 0 Å². The van der Waals surface area contributed by atoms with E-state index < -0.39 is 0 Å². The van der Waals surface area contributed by atoms with Gasteiger partial charge in [-0.05, 0) is 37.6 Å². The largest absolute Gasteiger partial charge is 0.373 e. The second kappa shape index (κ2) is 6.59. The van der Waals surface area contributed by atoms with Gasteiger partial charge in [-0.25, -0.2) is 14.6 Å². The first-order chi connectivity index (χ1) is 12.6. The molecule has 0 bridgehead atoms. The lowest BCUT2D eigenvalue weighted by atomic mass is 10.1. The molecule has 0 unspecified atom stereocenters. The molecule has 0 N–H and O–H groups in total. The van der Waals surface area contributed by atoms with Crippen molar-refractivity contribution in [3.8, 4) is 5.82 Å². The van der Waals surface area contributed by atoms with Crippen molar-refractivity contribution >= 4 is 17.3 Å². The van der Waals surface area contributed by atoms with Gasteiger partial charge in [-0.15, -0.1) is 0 Å². The fourth-order valence-electron chi connectivity index (χ4n) is 3.31. The van der Waals surface area contributed by atoms with E-state index in [9.17, 15) is 4.79 Å². The molecule has 1 aromatic carbocycles. The highest BCUT2D eigenvalue weighted by atomic mass is 16.2. The van der Waals surface area contributed by atoms with Crippen LogP contribution in [0.4, 0.5) is 11.4 Å². The number of benzene rings is 1. The molecule has 0 radical (unpaired) electrons. The van der Waals surface area contributed by atoms with Gasteiger partial charge in [-0.1, -0.05) is 12.1 Å². The minimum absolute atomic E-state index is 0.0379. The molecule has 1 amide bonds. The van der Waals surface area contributed by atoms with Crippen molar-refractivity contribution < 1.29 is 4.79 Å². The van der Waals surface area contributed by atoms with Crippen molar-refractivity contribution in [1.82, 2.24) is 19.7 Å². The average Bonchev–Trinajstić information content (AvgIpc) is 3.18. The van der Waals surface area contributed by atoms with Crippen molar-refractivity contribution in [2.75, 3.05) is 23.4 Å². The van der Waals surface area contributed by atoms with Crippen LogP contribution in [0, 0.1) is 0 Å². The maximum atomic E-state index is 13.4. The van der Waals surface area contributed by atoms with E-state index in [1.807, 2.05) is 23.1 Å². The van der Waals surface area contributed by atoms with Crippen molar-refractivity contribution in [2.24, 2.45) is 0 Å². The molecule has 7 nitrogen and oxygen atoms in total. The topological polar surface area (TPSA) is 67.2 Å². The van der Waals surface area contributed by atoms with Crippen LogP contribution in [0.3, 0.4) is 0 Å². The lowest BCUT2D eigenvalue weighted by Crippen LogP contribution is -2.38. The maximum absolute atomic E-state index is 13.4. The van der Waals surface area contributed by atoms with Gasteiger partial charge in [0.05, 0.1) is 11.4 Å². The number of aromatic nitrogens is 4. The number of anilines is 2. The number of rotatable bonds is 2. The molecule has 0 fully saturated rings. The molecule has 26 heavy (non-hydrogen) atoms. The van der Waals surface area contributed by atoms with Gasteiger partial charge in [0, 0.05) is 31.4 Å². The molecule has 0 spiro atoms. The minimum atomic E-state index is -0.0379. The standard InChI is InChI=1S/C19H20N6O/c1-14-8-10-23(2)16-5-3-4-6-17(16)25(14)19(26)15-7-9-21-18(11-15)24-13-20-12-22-24/h3-7,9,11-14H,8,10H2,1-2H3/t14-/m0/s1. The highest BCUT2D eigenvalue weighted by molar-refractivity contribution is 6.08. The third-order valence-electron chi connectivity index (χ3n) is 4.74. The van der Waals surface area contributed by atoms with E-state index in [2.05, 4.69) is 40.0 Å². The van der Waals surface area contributed by atoms with Crippen LogP contribution < -0.4 is 9.80 Å². The number of hydrogen-bond acceptors (Lipinski definition) is 5. The smallest absolute Gasteiger partial charge is 0.258 e. The first kappa shape index (κ1) is 16.3. The van der Waals surface area contributed by atoms with Crippen LogP contribution >= 0.6 is 0 Å². The predicted octanol–water partition coefficient (Wildman–Crippen LogP) is 2.54. The zero-order valence-electron chi connectivity index (χ0n) is 14.8. The molecular formula is C19H20N6O. The third kappa shape index (κ3) is 2.81. The van der Waals surface area contributed by atoms with Gasteiger partial charge < -0.3 is 9.80 Å². The molecule has 0 saturated carbocycles. The van der Waals surface area contributed by atoms with E-state index in [0.717, 1.165) is 24.3 Å². The van der Waals surface area contributed by atoms with Crippen LogP contribution in [0.2, 0.25) is 0 Å². The van der Waals surface area contributed by atoms with E-state index in [0.29, 0.717) is 11.4 Å². The molecule has 7 heteroatoms. The maximum Gasteiger partial charge on any atom is 0.258 e. The van der Waals surface area contributed by atoms with Gasteiger partial charge in [0.15, 0.2) is 5.82 Å². The summed E-state index contributed by atoms with van der Waals surface area (Å²) in [6.07, 6.45) is 5.54. The Labute approximate surface area is 151 Å². The van der Waals surface area contributed by atoms with E-state index in [4.69, 9.17) is 0 Å². The van der Waals surface area contributed by atoms with Gasteiger partial charge in [0.2, 0.25) is 0 Å². The minimum Gasteiger partial charge on any atom is -0.373 e. The number of hydrogen-bond donors (Lipinski definition) is 0. The normalized spacial score (nSPS) is 16.9. The second-order valence-corrected chi connectivity index (χ2v) is 6.47. The zero-order chi connectivity index (χ0) is 18.1. The summed E-state index contributed by atoms with van der Waals surface area (Å²) in [5, 5.41) is 4.09. The van der Waals surface area contributed by atoms with Gasteiger partial charge in [-0.2, -0.15) is 5.10 Å². The van der Waals surface area contributed by atoms with Crippen molar-refractivity contribution in [2.45, 2.75) is 19.4 Å². The van der Waals surface area contributed by atoms with E-state index in [1.165, 1.54) is 6.33 Å². The van der Waals surface area contributed by atoms with Crippen LogP contribution in [0.15, 0.2) is 55.2 Å². The summed E-state index contributed by atoms with van der Waals surface area (Å²) in [6.45, 7) is 3.00. The third-order valence-corrected chi connectivity index (χ3v) is 4.74. The van der Waals surface area contributed by atoms with Crippen LogP contribution in [-0.4, -0.2) is 45.3 Å². The van der Waals surface area contributed by atoms with Crippen LogP contribution in [0.1, 0.15) is 23.7 Å². The van der Waals surface area contributed by atoms with Gasteiger partial charge in [0.1, 0.15) is 12.7 Å². The molecule has 4 rings (SSSR count). The first-order valence-corrected chi connectivity index (χ1v) is 8.60. The Morgan fingerprint density at radius 1 is 1.19 bits per heavy atom. The molecule has 1 aliphatic rings. The highest BCUT2D eigenvalue weighted by Gasteiger charge is 2.29. The monoisotopic (exact) mass is 348 g/mol. The number of pyridine rings is 1. The Morgan fingerprint density at radius 2 is 2.00 bits per heavy atom. The molecule has 2 aromatic heterocycles. The van der Waals surface area contributed by atoms with Gasteiger partial charge in [0.25, 0.3) is 5.91 Å². The summed E-state index contributed by atoms with van der Waals surface area (Å²) in [6, 6.07) is 11.6. The number of carbonyl (C=O) groups is 1. The Morgan fingerprint density at radius 3 is 2.77 bits per heavy atom. The molecule has 132 valence electrons. The Bertz CT molecular complexity index is 923. The SMILES string of the molecule is C[C@H]1CCN(C)c2ccccc2N1C(=O)c1ccnc(-n2cncn2)c1. The Kier molecular flexibility index (Phi) is 4.12. The van der Waals surface area contributed by atoms with Gasteiger partial charge >= 0.3 is 0 Å². The highest BCUT2D eigenvalue weighted by Crippen LogP contribution is 2.34. The van der Waals surface area contributed by atoms with Crippen LogP contribution in [-0.2, 0) is 0 Å². The molecule has 0 aliphatic carbocycles. The number of carbonyl (C=O) groups excluding carboxylic acids is 1. The van der Waals surface area contributed by atoms with Gasteiger partial charge in [-0.3, -0.25) is 4.79 Å². The fourth-order valence-corrected chi connectivity index (χ4v) is 3.31. The predicted molar refractivity (Wildman–Crippen MR) is 99.8 cm³/mol. The average molecular weight is 348 g/mol. The summed E-state index contributed by atoms with van der Waals surface area (Å²) in [4.78, 5) is 25.7. The second-order valence-electron chi connectivity index (χ2n) is 6.47. The first-order valence-electron chi connectivity index (χ1n) is 8.60. The molecule has 3 heterocycles. The van der Waals surface area contributed by atoms with Crippen molar-refractivity contribution in [3.63, 3.8) is 0 Å².